The Hall–Kier alpha value is -2.24. The number of rotatable bonds is 8. The Bertz CT molecular complexity index is 503. The van der Waals surface area contributed by atoms with Crippen LogP contribution < -0.4 is 20.1 Å². The van der Waals surface area contributed by atoms with Gasteiger partial charge in [-0.1, -0.05) is 26.2 Å². The summed E-state index contributed by atoms with van der Waals surface area (Å²) in [4.78, 5) is 23.6. The highest BCUT2D eigenvalue weighted by molar-refractivity contribution is 6.39. The normalized spacial score (nSPS) is 9.95. The lowest BCUT2D eigenvalue weighted by Gasteiger charge is -2.11. The molecular formula is C16H24N2O4. The Morgan fingerprint density at radius 3 is 2.45 bits per heavy atom. The Kier molecular flexibility index (Phi) is 7.81. The Morgan fingerprint density at radius 2 is 1.82 bits per heavy atom. The van der Waals surface area contributed by atoms with E-state index < -0.39 is 11.8 Å². The van der Waals surface area contributed by atoms with Crippen molar-refractivity contribution in [1.82, 2.24) is 5.32 Å². The molecule has 6 heteroatoms. The molecule has 122 valence electrons. The summed E-state index contributed by atoms with van der Waals surface area (Å²) in [6.07, 6.45) is 4.17. The first kappa shape index (κ1) is 17.8. The van der Waals surface area contributed by atoms with Crippen molar-refractivity contribution in [2.24, 2.45) is 0 Å². The van der Waals surface area contributed by atoms with Crippen molar-refractivity contribution in [2.45, 2.75) is 32.6 Å². The molecule has 1 aromatic rings. The maximum Gasteiger partial charge on any atom is 0.313 e. The molecule has 0 saturated heterocycles. The van der Waals surface area contributed by atoms with Gasteiger partial charge in [-0.3, -0.25) is 9.59 Å². The highest BCUT2D eigenvalue weighted by Crippen LogP contribution is 2.28. The van der Waals surface area contributed by atoms with Crippen LogP contribution in [0.5, 0.6) is 11.5 Å². The van der Waals surface area contributed by atoms with Crippen LogP contribution in [0.2, 0.25) is 0 Å². The van der Waals surface area contributed by atoms with Crippen LogP contribution in [0.15, 0.2) is 18.2 Å². The highest BCUT2D eigenvalue weighted by atomic mass is 16.5. The predicted octanol–water partition coefficient (Wildman–Crippen LogP) is 2.34. The number of carbonyl (C=O) groups excluding carboxylic acids is 2. The first-order valence-electron chi connectivity index (χ1n) is 7.43. The van der Waals surface area contributed by atoms with Crippen molar-refractivity contribution in [1.29, 1.82) is 0 Å². The van der Waals surface area contributed by atoms with E-state index in [1.54, 1.807) is 18.2 Å². The van der Waals surface area contributed by atoms with Gasteiger partial charge in [-0.2, -0.15) is 0 Å². The fraction of sp³-hybridized carbons (Fsp3) is 0.500. The van der Waals surface area contributed by atoms with Gasteiger partial charge in [0.15, 0.2) is 0 Å². The summed E-state index contributed by atoms with van der Waals surface area (Å²) < 4.78 is 10.2. The molecule has 2 N–H and O–H groups in total. The summed E-state index contributed by atoms with van der Waals surface area (Å²) in [7, 11) is 3.02. The fourth-order valence-electron chi connectivity index (χ4n) is 1.92. The van der Waals surface area contributed by atoms with E-state index >= 15 is 0 Å². The molecule has 0 fully saturated rings. The minimum atomic E-state index is -0.720. The van der Waals surface area contributed by atoms with Crippen LogP contribution in [-0.2, 0) is 9.59 Å². The SMILES string of the molecule is CCCCCCNC(=O)C(=O)Nc1cc(OC)ccc1OC. The maximum atomic E-state index is 11.9. The van der Waals surface area contributed by atoms with Crippen LogP contribution >= 0.6 is 0 Å². The third-order valence-corrected chi connectivity index (χ3v) is 3.18. The molecule has 0 bridgehead atoms. The smallest absolute Gasteiger partial charge is 0.313 e. The van der Waals surface area contributed by atoms with Crippen LogP contribution in [0, 0.1) is 0 Å². The number of hydrogen-bond donors (Lipinski definition) is 2. The molecule has 0 aromatic heterocycles. The molecule has 22 heavy (non-hydrogen) atoms. The van der Waals surface area contributed by atoms with Gasteiger partial charge in [0.05, 0.1) is 19.9 Å². The van der Waals surface area contributed by atoms with E-state index in [0.717, 1.165) is 25.7 Å². The van der Waals surface area contributed by atoms with Gasteiger partial charge in [-0.05, 0) is 18.6 Å². The summed E-state index contributed by atoms with van der Waals surface area (Å²) >= 11 is 0. The van der Waals surface area contributed by atoms with Crippen molar-refractivity contribution < 1.29 is 19.1 Å². The van der Waals surface area contributed by atoms with E-state index in [4.69, 9.17) is 9.47 Å². The van der Waals surface area contributed by atoms with Crippen molar-refractivity contribution >= 4 is 17.5 Å². The van der Waals surface area contributed by atoms with Crippen molar-refractivity contribution in [3.63, 3.8) is 0 Å². The quantitative estimate of drug-likeness (QED) is 0.571. The van der Waals surface area contributed by atoms with E-state index in [-0.39, 0.29) is 0 Å². The molecule has 0 aliphatic rings. The summed E-state index contributed by atoms with van der Waals surface area (Å²) in [6, 6.07) is 4.98. The molecule has 1 aromatic carbocycles. The lowest BCUT2D eigenvalue weighted by molar-refractivity contribution is -0.136. The zero-order chi connectivity index (χ0) is 16.4. The largest absolute Gasteiger partial charge is 0.497 e. The van der Waals surface area contributed by atoms with Crippen LogP contribution in [0.25, 0.3) is 0 Å². The van der Waals surface area contributed by atoms with Crippen molar-refractivity contribution in [2.75, 3.05) is 26.1 Å². The topological polar surface area (TPSA) is 76.7 Å². The number of carbonyl (C=O) groups is 2. The van der Waals surface area contributed by atoms with Gasteiger partial charge in [0.25, 0.3) is 0 Å². The van der Waals surface area contributed by atoms with Gasteiger partial charge < -0.3 is 20.1 Å². The van der Waals surface area contributed by atoms with Crippen LogP contribution in [0.1, 0.15) is 32.6 Å². The number of nitrogens with one attached hydrogen (secondary N) is 2. The van der Waals surface area contributed by atoms with E-state index in [9.17, 15) is 9.59 Å². The van der Waals surface area contributed by atoms with E-state index in [0.29, 0.717) is 23.7 Å². The minimum Gasteiger partial charge on any atom is -0.497 e. The number of benzene rings is 1. The molecule has 0 unspecified atom stereocenters. The second-order valence-corrected chi connectivity index (χ2v) is 4.84. The molecular weight excluding hydrogens is 284 g/mol. The number of ether oxygens (including phenoxy) is 2. The third kappa shape index (κ3) is 5.63. The van der Waals surface area contributed by atoms with Crippen LogP contribution in [0.4, 0.5) is 5.69 Å². The van der Waals surface area contributed by atoms with Crippen LogP contribution in [0.3, 0.4) is 0 Å². The van der Waals surface area contributed by atoms with E-state index in [2.05, 4.69) is 17.6 Å². The lowest BCUT2D eigenvalue weighted by atomic mass is 10.2. The number of methoxy groups -OCH3 is 2. The number of hydrogen-bond acceptors (Lipinski definition) is 4. The molecule has 0 aliphatic carbocycles. The van der Waals surface area contributed by atoms with Gasteiger partial charge in [-0.15, -0.1) is 0 Å². The lowest BCUT2D eigenvalue weighted by Crippen LogP contribution is -2.36. The summed E-state index contributed by atoms with van der Waals surface area (Å²) in [6.45, 7) is 2.62. The second-order valence-electron chi connectivity index (χ2n) is 4.84. The van der Waals surface area contributed by atoms with Gasteiger partial charge in [0.1, 0.15) is 11.5 Å². The molecule has 2 amide bonds. The standard InChI is InChI=1S/C16H24N2O4/c1-4-5-6-7-10-17-15(19)16(20)18-13-11-12(21-2)8-9-14(13)22-3/h8-9,11H,4-7,10H2,1-3H3,(H,17,19)(H,18,20). The van der Waals surface area contributed by atoms with Gasteiger partial charge >= 0.3 is 11.8 Å². The number of unbranched alkanes of at least 4 members (excludes halogenated alkanes) is 3. The Labute approximate surface area is 131 Å². The average molecular weight is 308 g/mol. The summed E-state index contributed by atoms with van der Waals surface area (Å²) in [5.74, 6) is -0.343. The average Bonchev–Trinajstić information content (AvgIpc) is 2.54. The van der Waals surface area contributed by atoms with E-state index in [1.807, 2.05) is 0 Å². The van der Waals surface area contributed by atoms with Gasteiger partial charge in [0, 0.05) is 12.6 Å². The van der Waals surface area contributed by atoms with Crippen LogP contribution in [-0.4, -0.2) is 32.6 Å². The molecule has 0 spiro atoms. The fourth-order valence-corrected chi connectivity index (χ4v) is 1.92. The van der Waals surface area contributed by atoms with Gasteiger partial charge in [-0.25, -0.2) is 0 Å². The molecule has 0 saturated carbocycles. The zero-order valence-corrected chi connectivity index (χ0v) is 13.4. The maximum absolute atomic E-state index is 11.9. The summed E-state index contributed by atoms with van der Waals surface area (Å²) in [5, 5.41) is 5.14. The highest BCUT2D eigenvalue weighted by Gasteiger charge is 2.15. The molecule has 0 atom stereocenters. The van der Waals surface area contributed by atoms with Crippen molar-refractivity contribution in [3.05, 3.63) is 18.2 Å². The predicted molar refractivity (Wildman–Crippen MR) is 85.3 cm³/mol. The second kappa shape index (κ2) is 9.65. The number of anilines is 1. The monoisotopic (exact) mass is 308 g/mol. The third-order valence-electron chi connectivity index (χ3n) is 3.18. The molecule has 1 rings (SSSR count). The van der Waals surface area contributed by atoms with Gasteiger partial charge in [0.2, 0.25) is 0 Å². The first-order chi connectivity index (χ1) is 10.6. The molecule has 0 radical (unpaired) electrons. The molecule has 0 heterocycles. The van der Waals surface area contributed by atoms with Crippen molar-refractivity contribution in [3.8, 4) is 11.5 Å². The zero-order valence-electron chi connectivity index (χ0n) is 13.4. The number of amides is 2. The van der Waals surface area contributed by atoms with E-state index in [1.165, 1.54) is 14.2 Å². The molecule has 0 aliphatic heterocycles. The first-order valence-corrected chi connectivity index (χ1v) is 7.43. The molecule has 6 nitrogen and oxygen atoms in total. The minimum absolute atomic E-state index is 0.396. The summed E-state index contributed by atoms with van der Waals surface area (Å²) in [5.41, 5.74) is 0.396. The Balaban J connectivity index is 2.54. The Morgan fingerprint density at radius 1 is 1.05 bits per heavy atom.